The number of aromatic nitrogens is 2. The van der Waals surface area contributed by atoms with E-state index < -0.39 is 5.97 Å². The van der Waals surface area contributed by atoms with Crippen LogP contribution in [0.2, 0.25) is 5.15 Å². The van der Waals surface area contributed by atoms with E-state index in [1.54, 1.807) is 12.1 Å². The van der Waals surface area contributed by atoms with Crippen LogP contribution in [-0.2, 0) is 4.74 Å². The molecule has 0 spiro atoms. The van der Waals surface area contributed by atoms with Gasteiger partial charge in [-0.3, -0.25) is 0 Å². The van der Waals surface area contributed by atoms with Gasteiger partial charge in [0.25, 0.3) is 0 Å². The van der Waals surface area contributed by atoms with Gasteiger partial charge < -0.3 is 15.2 Å². The van der Waals surface area contributed by atoms with Gasteiger partial charge in [0.2, 0.25) is 0 Å². The van der Waals surface area contributed by atoms with Gasteiger partial charge in [-0.2, -0.15) is 5.26 Å². The molecule has 31 heavy (non-hydrogen) atoms. The molecule has 158 valence electrons. The maximum absolute atomic E-state index is 11.6. The zero-order valence-electron chi connectivity index (χ0n) is 17.1. The smallest absolute Gasteiger partial charge is 0.356 e. The molecule has 0 aliphatic carbocycles. The van der Waals surface area contributed by atoms with Crippen LogP contribution in [0.15, 0.2) is 30.3 Å². The highest BCUT2D eigenvalue weighted by Gasteiger charge is 2.24. The topological polar surface area (TPSA) is 108 Å². The predicted molar refractivity (Wildman–Crippen MR) is 118 cm³/mol. The summed E-state index contributed by atoms with van der Waals surface area (Å²) in [4.78, 5) is 20.2. The quantitative estimate of drug-likeness (QED) is 0.551. The monoisotopic (exact) mass is 436 g/mol. The van der Waals surface area contributed by atoms with Crippen LogP contribution in [0.3, 0.4) is 0 Å². The number of carbonyl (C=O) groups is 1. The number of carboxylic acid groups (broad SMARTS) is 1. The van der Waals surface area contributed by atoms with Crippen LogP contribution in [0.4, 0.5) is 5.69 Å². The minimum Gasteiger partial charge on any atom is -0.476 e. The molecule has 3 heterocycles. The molecule has 2 atom stereocenters. The number of nitriles is 1. The van der Waals surface area contributed by atoms with E-state index in [1.165, 1.54) is 0 Å². The average Bonchev–Trinajstić information content (AvgIpc) is 3.27. The summed E-state index contributed by atoms with van der Waals surface area (Å²) in [6.45, 7) is 5.17. The molecule has 1 aliphatic rings. The summed E-state index contributed by atoms with van der Waals surface area (Å²) in [5, 5.41) is 23.4. The number of rotatable bonds is 5. The Hall–Kier alpha value is -3.21. The standard InChI is InChI=1S/C23H21ClN4O3/c1-12-7-15(13(2)26-18-3-4-21(24)28-22(18)23(29)30)17-9-16(14-5-6-31-11-14)20(10-25)27-19(17)8-12/h3-4,7-9,13-14,26H,5-6,11H2,1-2H3,(H,29,30)/t13-,14-/m1/s1. The Bertz CT molecular complexity index is 1220. The maximum Gasteiger partial charge on any atom is 0.356 e. The second-order valence-corrected chi connectivity index (χ2v) is 8.11. The third kappa shape index (κ3) is 4.18. The van der Waals surface area contributed by atoms with Crippen LogP contribution in [-0.4, -0.2) is 34.3 Å². The van der Waals surface area contributed by atoms with E-state index in [0.29, 0.717) is 24.6 Å². The Morgan fingerprint density at radius 1 is 1.35 bits per heavy atom. The van der Waals surface area contributed by atoms with E-state index in [1.807, 2.05) is 32.0 Å². The molecule has 8 heteroatoms. The number of halogens is 1. The molecule has 0 amide bonds. The summed E-state index contributed by atoms with van der Waals surface area (Å²) in [7, 11) is 0. The summed E-state index contributed by atoms with van der Waals surface area (Å²) in [6.07, 6.45) is 0.856. The Kier molecular flexibility index (Phi) is 5.77. The highest BCUT2D eigenvalue weighted by Crippen LogP contribution is 2.34. The molecule has 0 radical (unpaired) electrons. The van der Waals surface area contributed by atoms with Crippen molar-refractivity contribution >= 4 is 34.2 Å². The number of aromatic carboxylic acids is 1. The van der Waals surface area contributed by atoms with Gasteiger partial charge >= 0.3 is 5.97 Å². The van der Waals surface area contributed by atoms with Crippen LogP contribution >= 0.6 is 11.6 Å². The number of pyridine rings is 2. The minimum atomic E-state index is -1.16. The lowest BCUT2D eigenvalue weighted by molar-refractivity contribution is 0.0691. The average molecular weight is 437 g/mol. The van der Waals surface area contributed by atoms with E-state index >= 15 is 0 Å². The Morgan fingerprint density at radius 3 is 2.84 bits per heavy atom. The number of anilines is 1. The molecule has 1 saturated heterocycles. The molecule has 0 unspecified atom stereocenters. The van der Waals surface area contributed by atoms with Gasteiger partial charge in [0.15, 0.2) is 5.69 Å². The lowest BCUT2D eigenvalue weighted by atomic mass is 9.92. The third-order valence-electron chi connectivity index (χ3n) is 5.52. The summed E-state index contributed by atoms with van der Waals surface area (Å²) < 4.78 is 5.52. The Balaban J connectivity index is 1.80. The number of nitrogens with one attached hydrogen (secondary N) is 1. The largest absolute Gasteiger partial charge is 0.476 e. The first-order valence-electron chi connectivity index (χ1n) is 9.96. The molecule has 4 rings (SSSR count). The summed E-state index contributed by atoms with van der Waals surface area (Å²) >= 11 is 5.87. The molecule has 1 aromatic carbocycles. The third-order valence-corrected chi connectivity index (χ3v) is 5.73. The first-order valence-corrected chi connectivity index (χ1v) is 10.3. The molecule has 2 aromatic heterocycles. The maximum atomic E-state index is 11.6. The van der Waals surface area contributed by atoms with E-state index in [0.717, 1.165) is 34.0 Å². The Morgan fingerprint density at radius 2 is 2.16 bits per heavy atom. The molecule has 1 aliphatic heterocycles. The van der Waals surface area contributed by atoms with Crippen LogP contribution < -0.4 is 5.32 Å². The van der Waals surface area contributed by atoms with Crippen molar-refractivity contribution in [2.75, 3.05) is 18.5 Å². The normalized spacial score (nSPS) is 16.8. The zero-order chi connectivity index (χ0) is 22.1. The summed E-state index contributed by atoms with van der Waals surface area (Å²) in [5.74, 6) is -1.02. The van der Waals surface area contributed by atoms with E-state index in [-0.39, 0.29) is 22.8 Å². The number of aryl methyl sites for hydroxylation is 1. The van der Waals surface area contributed by atoms with E-state index in [4.69, 9.17) is 16.3 Å². The molecular weight excluding hydrogens is 416 g/mol. The van der Waals surface area contributed by atoms with Crippen molar-refractivity contribution in [3.05, 3.63) is 63.6 Å². The van der Waals surface area contributed by atoms with Crippen LogP contribution in [0.1, 0.15) is 58.2 Å². The molecule has 3 aromatic rings. The van der Waals surface area contributed by atoms with Gasteiger partial charge in [0.1, 0.15) is 16.9 Å². The second kappa shape index (κ2) is 8.50. The van der Waals surface area contributed by atoms with E-state index in [9.17, 15) is 15.2 Å². The van der Waals surface area contributed by atoms with Crippen molar-refractivity contribution in [1.29, 1.82) is 5.26 Å². The van der Waals surface area contributed by atoms with Gasteiger partial charge in [-0.05, 0) is 61.2 Å². The van der Waals surface area contributed by atoms with Gasteiger partial charge in [-0.25, -0.2) is 14.8 Å². The lowest BCUT2D eigenvalue weighted by Crippen LogP contribution is -2.13. The zero-order valence-corrected chi connectivity index (χ0v) is 17.9. The molecule has 2 N–H and O–H groups in total. The predicted octanol–water partition coefficient (Wildman–Crippen LogP) is 4.84. The second-order valence-electron chi connectivity index (χ2n) is 7.72. The van der Waals surface area contributed by atoms with Crippen molar-refractivity contribution in [2.45, 2.75) is 32.2 Å². The number of hydrogen-bond acceptors (Lipinski definition) is 6. The number of benzene rings is 1. The number of hydrogen-bond donors (Lipinski definition) is 2. The first-order chi connectivity index (χ1) is 14.9. The minimum absolute atomic E-state index is 0.119. The molecule has 0 saturated carbocycles. The Labute approximate surface area is 184 Å². The number of carboxylic acids is 1. The van der Waals surface area contributed by atoms with Crippen LogP contribution in [0.25, 0.3) is 10.9 Å². The number of fused-ring (bicyclic) bond motifs is 1. The summed E-state index contributed by atoms with van der Waals surface area (Å²) in [6, 6.07) is 11.2. The van der Waals surface area contributed by atoms with Crippen molar-refractivity contribution < 1.29 is 14.6 Å². The van der Waals surface area contributed by atoms with E-state index in [2.05, 4.69) is 21.4 Å². The lowest BCUT2D eigenvalue weighted by Gasteiger charge is -2.20. The number of ether oxygens (including phenoxy) is 1. The van der Waals surface area contributed by atoms with Gasteiger partial charge in [-0.1, -0.05) is 17.7 Å². The van der Waals surface area contributed by atoms with Gasteiger partial charge in [-0.15, -0.1) is 0 Å². The fourth-order valence-corrected chi connectivity index (χ4v) is 4.18. The number of nitrogens with zero attached hydrogens (tertiary/aromatic N) is 3. The SMILES string of the molecule is Cc1cc([C@@H](C)Nc2ccc(Cl)nc2C(=O)O)c2cc([C@@H]3CCOC3)c(C#N)nc2c1. The highest BCUT2D eigenvalue weighted by atomic mass is 35.5. The molecule has 0 bridgehead atoms. The highest BCUT2D eigenvalue weighted by molar-refractivity contribution is 6.29. The van der Waals surface area contributed by atoms with Crippen molar-refractivity contribution in [3.63, 3.8) is 0 Å². The first kappa shape index (κ1) is 21.0. The van der Waals surface area contributed by atoms with Gasteiger partial charge in [0, 0.05) is 24.0 Å². The molecular formula is C23H21ClN4O3. The van der Waals surface area contributed by atoms with Crippen molar-refractivity contribution in [3.8, 4) is 6.07 Å². The summed E-state index contributed by atoms with van der Waals surface area (Å²) in [5.41, 5.74) is 4.25. The fraction of sp³-hybridized carbons (Fsp3) is 0.304. The van der Waals surface area contributed by atoms with Crippen molar-refractivity contribution in [1.82, 2.24) is 9.97 Å². The molecule has 1 fully saturated rings. The fourth-order valence-electron chi connectivity index (χ4n) is 4.03. The van der Waals surface area contributed by atoms with Crippen LogP contribution in [0, 0.1) is 18.3 Å². The van der Waals surface area contributed by atoms with Gasteiger partial charge in [0.05, 0.1) is 17.8 Å². The van der Waals surface area contributed by atoms with Crippen molar-refractivity contribution in [2.24, 2.45) is 0 Å². The molecule has 7 nitrogen and oxygen atoms in total. The van der Waals surface area contributed by atoms with Crippen LogP contribution in [0.5, 0.6) is 0 Å².